The minimum atomic E-state index is -4.69. The van der Waals surface area contributed by atoms with Gasteiger partial charge in [0.15, 0.2) is 5.69 Å². The summed E-state index contributed by atoms with van der Waals surface area (Å²) in [6.07, 6.45) is -3.87. The second kappa shape index (κ2) is 6.51. The Morgan fingerprint density at radius 1 is 1.33 bits per heavy atom. The van der Waals surface area contributed by atoms with Gasteiger partial charge < -0.3 is 10.6 Å². The highest BCUT2D eigenvalue weighted by Crippen LogP contribution is 2.41. The molecule has 0 amide bonds. The third-order valence-electron chi connectivity index (χ3n) is 3.60. The highest BCUT2D eigenvalue weighted by Gasteiger charge is 2.39. The molecule has 2 N–H and O–H groups in total. The molecule has 2 aromatic rings. The van der Waals surface area contributed by atoms with Gasteiger partial charge >= 0.3 is 6.18 Å². The van der Waals surface area contributed by atoms with E-state index in [1.54, 1.807) is 11.9 Å². The van der Waals surface area contributed by atoms with Crippen LogP contribution in [-0.4, -0.2) is 23.4 Å². The second-order valence-electron chi connectivity index (χ2n) is 5.44. The first-order valence-electron chi connectivity index (χ1n) is 7.18. The average Bonchev–Trinajstić information content (AvgIpc) is 2.73. The third-order valence-corrected chi connectivity index (χ3v) is 3.96. The van der Waals surface area contributed by atoms with E-state index in [0.29, 0.717) is 16.9 Å². The topological polar surface area (TPSA) is 47.1 Å². The maximum Gasteiger partial charge on any atom is 0.434 e. The molecule has 2 rings (SSSR count). The molecule has 1 aromatic carbocycles. The Balaban J connectivity index is 2.64. The van der Waals surface area contributed by atoms with Crippen LogP contribution in [0.25, 0.3) is 11.3 Å². The Hall–Kier alpha value is -1.96. The summed E-state index contributed by atoms with van der Waals surface area (Å²) in [5.74, 6) is -0.783. The number of aromatic nitrogens is 2. The summed E-state index contributed by atoms with van der Waals surface area (Å²) in [6.45, 7) is 2.61. The molecule has 4 nitrogen and oxygen atoms in total. The lowest BCUT2D eigenvalue weighted by Crippen LogP contribution is -2.19. The van der Waals surface area contributed by atoms with Gasteiger partial charge in [0.25, 0.3) is 0 Å². The largest absolute Gasteiger partial charge is 0.434 e. The van der Waals surface area contributed by atoms with Crippen molar-refractivity contribution in [2.45, 2.75) is 19.5 Å². The molecule has 132 valence electrons. The average molecular weight is 365 g/mol. The molecule has 0 spiro atoms. The first-order valence-corrected chi connectivity index (χ1v) is 7.55. The number of nitrogens with zero attached hydrogens (tertiary/aromatic N) is 3. The Labute approximate surface area is 141 Å². The number of hydrogen-bond donors (Lipinski definition) is 1. The zero-order valence-corrected chi connectivity index (χ0v) is 14.1. The van der Waals surface area contributed by atoms with E-state index >= 15 is 0 Å². The molecule has 1 aromatic heterocycles. The summed E-state index contributed by atoms with van der Waals surface area (Å²) in [4.78, 5) is 1.79. The van der Waals surface area contributed by atoms with Crippen molar-refractivity contribution in [3.8, 4) is 11.3 Å². The van der Waals surface area contributed by atoms with Crippen LogP contribution >= 0.6 is 11.6 Å². The van der Waals surface area contributed by atoms with Crippen molar-refractivity contribution in [3.05, 3.63) is 28.7 Å². The quantitative estimate of drug-likeness (QED) is 0.649. The van der Waals surface area contributed by atoms with E-state index in [2.05, 4.69) is 5.10 Å². The maximum absolute atomic E-state index is 14.3. The van der Waals surface area contributed by atoms with Crippen LogP contribution < -0.4 is 10.6 Å². The van der Waals surface area contributed by atoms with Crippen LogP contribution in [0, 0.1) is 5.82 Å². The van der Waals surface area contributed by atoms with Gasteiger partial charge in [-0.15, -0.1) is 0 Å². The number of halogens is 5. The van der Waals surface area contributed by atoms with Crippen molar-refractivity contribution in [1.29, 1.82) is 0 Å². The van der Waals surface area contributed by atoms with Crippen molar-refractivity contribution in [2.24, 2.45) is 7.05 Å². The SMILES string of the molecule is CCCN(C)c1cc(-c2nn(C)c(C(F)(F)F)c2Cl)c(F)cc1N. The molecule has 24 heavy (non-hydrogen) atoms. The Morgan fingerprint density at radius 2 is 1.96 bits per heavy atom. The zero-order valence-electron chi connectivity index (χ0n) is 13.4. The van der Waals surface area contributed by atoms with Crippen molar-refractivity contribution >= 4 is 23.0 Å². The second-order valence-corrected chi connectivity index (χ2v) is 5.82. The number of hydrogen-bond acceptors (Lipinski definition) is 3. The Morgan fingerprint density at radius 3 is 2.46 bits per heavy atom. The summed E-state index contributed by atoms with van der Waals surface area (Å²) in [5, 5.41) is 3.11. The molecule has 9 heteroatoms. The molecule has 0 saturated carbocycles. The van der Waals surface area contributed by atoms with E-state index in [9.17, 15) is 17.6 Å². The van der Waals surface area contributed by atoms with Crippen molar-refractivity contribution in [1.82, 2.24) is 9.78 Å². The number of alkyl halides is 3. The van der Waals surface area contributed by atoms with Crippen LogP contribution in [0.15, 0.2) is 12.1 Å². The van der Waals surface area contributed by atoms with E-state index in [-0.39, 0.29) is 16.9 Å². The molecule has 0 radical (unpaired) electrons. The Bertz CT molecular complexity index is 755. The summed E-state index contributed by atoms with van der Waals surface area (Å²) in [5.41, 5.74) is 4.99. The summed E-state index contributed by atoms with van der Waals surface area (Å²) >= 11 is 5.84. The number of nitrogen functional groups attached to an aromatic ring is 1. The van der Waals surface area contributed by atoms with Crippen LogP contribution in [0.4, 0.5) is 28.9 Å². The van der Waals surface area contributed by atoms with Gasteiger partial charge in [-0.1, -0.05) is 18.5 Å². The Kier molecular flexibility index (Phi) is 4.98. The van der Waals surface area contributed by atoms with Gasteiger partial charge in [0.2, 0.25) is 0 Å². The predicted molar refractivity (Wildman–Crippen MR) is 86.6 cm³/mol. The number of nitrogens with two attached hydrogens (primary N) is 1. The summed E-state index contributed by atoms with van der Waals surface area (Å²) < 4.78 is 54.0. The third kappa shape index (κ3) is 3.28. The van der Waals surface area contributed by atoms with E-state index < -0.39 is 22.7 Å². The molecule has 0 aliphatic heterocycles. The van der Waals surface area contributed by atoms with E-state index in [1.807, 2.05) is 6.92 Å². The molecule has 0 bridgehead atoms. The van der Waals surface area contributed by atoms with E-state index in [4.69, 9.17) is 17.3 Å². The van der Waals surface area contributed by atoms with Crippen LogP contribution in [0.1, 0.15) is 19.0 Å². The number of aryl methyl sites for hydroxylation is 1. The molecular weight excluding hydrogens is 348 g/mol. The molecule has 0 atom stereocenters. The van der Waals surface area contributed by atoms with Gasteiger partial charge in [0.05, 0.1) is 16.4 Å². The lowest BCUT2D eigenvalue weighted by molar-refractivity contribution is -0.143. The standard InChI is InChI=1S/C15H17ClF4N4/c1-4-5-23(2)11-6-8(9(17)7-10(11)21)13-12(16)14(15(18,19)20)24(3)22-13/h6-7H,4-5,21H2,1-3H3. The van der Waals surface area contributed by atoms with Crippen molar-refractivity contribution in [3.63, 3.8) is 0 Å². The van der Waals surface area contributed by atoms with E-state index in [1.165, 1.54) is 6.07 Å². The van der Waals surface area contributed by atoms with Crippen LogP contribution in [-0.2, 0) is 13.2 Å². The lowest BCUT2D eigenvalue weighted by Gasteiger charge is -2.21. The highest BCUT2D eigenvalue weighted by atomic mass is 35.5. The first kappa shape index (κ1) is 18.4. The number of benzene rings is 1. The molecule has 0 fully saturated rings. The van der Waals surface area contributed by atoms with Crippen molar-refractivity contribution in [2.75, 3.05) is 24.2 Å². The smallest absolute Gasteiger partial charge is 0.397 e. The fourth-order valence-electron chi connectivity index (χ4n) is 2.52. The predicted octanol–water partition coefficient (Wildman–Crippen LogP) is 4.33. The molecule has 0 aliphatic rings. The fourth-order valence-corrected chi connectivity index (χ4v) is 2.89. The molecule has 1 heterocycles. The van der Waals surface area contributed by atoms with Gasteiger partial charge in [0, 0.05) is 26.2 Å². The van der Waals surface area contributed by atoms with Crippen LogP contribution in [0.5, 0.6) is 0 Å². The molecule has 0 saturated heterocycles. The minimum Gasteiger partial charge on any atom is -0.397 e. The fraction of sp³-hybridized carbons (Fsp3) is 0.400. The van der Waals surface area contributed by atoms with Crippen LogP contribution in [0.2, 0.25) is 5.02 Å². The normalized spacial score (nSPS) is 11.8. The van der Waals surface area contributed by atoms with E-state index in [0.717, 1.165) is 19.5 Å². The molecule has 0 aliphatic carbocycles. The van der Waals surface area contributed by atoms with Gasteiger partial charge in [0.1, 0.15) is 11.5 Å². The highest BCUT2D eigenvalue weighted by molar-refractivity contribution is 6.33. The monoisotopic (exact) mass is 364 g/mol. The minimum absolute atomic E-state index is 0.127. The summed E-state index contributed by atoms with van der Waals surface area (Å²) in [7, 11) is 2.87. The lowest BCUT2D eigenvalue weighted by atomic mass is 10.1. The number of anilines is 2. The first-order chi connectivity index (χ1) is 11.1. The van der Waals surface area contributed by atoms with Gasteiger partial charge in [-0.2, -0.15) is 18.3 Å². The zero-order chi connectivity index (χ0) is 18.2. The van der Waals surface area contributed by atoms with Crippen LogP contribution in [0.3, 0.4) is 0 Å². The number of rotatable bonds is 4. The molecule has 0 unspecified atom stereocenters. The van der Waals surface area contributed by atoms with Gasteiger partial charge in [-0.25, -0.2) is 4.39 Å². The maximum atomic E-state index is 14.3. The van der Waals surface area contributed by atoms with Gasteiger partial charge in [-0.05, 0) is 18.6 Å². The summed E-state index contributed by atoms with van der Waals surface area (Å²) in [6, 6.07) is 2.43. The van der Waals surface area contributed by atoms with Crippen molar-refractivity contribution < 1.29 is 17.6 Å². The van der Waals surface area contributed by atoms with Gasteiger partial charge in [-0.3, -0.25) is 4.68 Å². The molecular formula is C15H17ClF4N4.